The Hall–Kier alpha value is -2.51. The van der Waals surface area contributed by atoms with Crippen molar-refractivity contribution in [2.24, 2.45) is 11.3 Å². The SMILES string of the molecule is CC1(CN2CCC(COc3ccc(-c4ccc(C(=O)N5CCC[C@@H]5CO)c(F)c4)cc3F)CC2)CCC1. The third kappa shape index (κ3) is 5.83. The molecule has 1 saturated carbocycles. The minimum absolute atomic E-state index is 0.0302. The summed E-state index contributed by atoms with van der Waals surface area (Å²) in [6.07, 6.45) is 7.67. The summed E-state index contributed by atoms with van der Waals surface area (Å²) in [6.45, 7) is 6.61. The first-order chi connectivity index (χ1) is 17.8. The van der Waals surface area contributed by atoms with Gasteiger partial charge < -0.3 is 19.6 Å². The molecule has 2 aromatic carbocycles. The summed E-state index contributed by atoms with van der Waals surface area (Å²) >= 11 is 0. The van der Waals surface area contributed by atoms with Crippen molar-refractivity contribution in [2.75, 3.05) is 39.4 Å². The fourth-order valence-corrected chi connectivity index (χ4v) is 6.11. The van der Waals surface area contributed by atoms with Gasteiger partial charge in [0.1, 0.15) is 5.82 Å². The van der Waals surface area contributed by atoms with Crippen LogP contribution in [0.3, 0.4) is 0 Å². The molecule has 3 fully saturated rings. The normalized spacial score (nSPS) is 22.2. The van der Waals surface area contributed by atoms with Crippen LogP contribution in [0.1, 0.15) is 62.2 Å². The molecule has 2 saturated heterocycles. The first-order valence-electron chi connectivity index (χ1n) is 13.7. The number of nitrogens with zero attached hydrogens (tertiary/aromatic N) is 2. The Kier molecular flexibility index (Phi) is 7.82. The third-order valence-electron chi connectivity index (χ3n) is 8.66. The minimum Gasteiger partial charge on any atom is -0.490 e. The lowest BCUT2D eigenvalue weighted by atomic mass is 9.70. The predicted molar refractivity (Wildman–Crippen MR) is 140 cm³/mol. The Labute approximate surface area is 218 Å². The second-order valence-electron chi connectivity index (χ2n) is 11.5. The summed E-state index contributed by atoms with van der Waals surface area (Å²) in [5, 5.41) is 9.48. The molecule has 0 spiro atoms. The number of piperidine rings is 1. The maximum atomic E-state index is 14.9. The number of hydrogen-bond acceptors (Lipinski definition) is 4. The smallest absolute Gasteiger partial charge is 0.257 e. The topological polar surface area (TPSA) is 53.0 Å². The third-order valence-corrected chi connectivity index (χ3v) is 8.66. The van der Waals surface area contributed by atoms with Crippen LogP contribution in [0, 0.1) is 23.0 Å². The monoisotopic (exact) mass is 512 g/mol. The van der Waals surface area contributed by atoms with Crippen LogP contribution in [-0.4, -0.2) is 66.2 Å². The number of carbonyl (C=O) groups excluding carboxylic acids is 1. The molecule has 0 unspecified atom stereocenters. The number of rotatable bonds is 8. The molecule has 7 heteroatoms. The fourth-order valence-electron chi connectivity index (χ4n) is 6.11. The van der Waals surface area contributed by atoms with Gasteiger partial charge in [-0.15, -0.1) is 0 Å². The molecule has 1 N–H and O–H groups in total. The Balaban J connectivity index is 1.16. The van der Waals surface area contributed by atoms with E-state index in [1.807, 2.05) is 0 Å². The quantitative estimate of drug-likeness (QED) is 0.507. The van der Waals surface area contributed by atoms with E-state index >= 15 is 0 Å². The molecular formula is C30H38F2N2O3. The van der Waals surface area contributed by atoms with E-state index in [-0.39, 0.29) is 24.0 Å². The van der Waals surface area contributed by atoms with E-state index < -0.39 is 17.5 Å². The molecule has 1 atom stereocenters. The maximum absolute atomic E-state index is 14.9. The molecule has 0 aromatic heterocycles. The molecule has 0 radical (unpaired) electrons. The molecule has 1 amide bonds. The van der Waals surface area contributed by atoms with E-state index in [1.165, 1.54) is 48.9 Å². The van der Waals surface area contributed by atoms with Crippen LogP contribution < -0.4 is 4.74 Å². The molecule has 200 valence electrons. The molecule has 2 aliphatic heterocycles. The van der Waals surface area contributed by atoms with Crippen molar-refractivity contribution in [3.8, 4) is 16.9 Å². The van der Waals surface area contributed by atoms with Crippen LogP contribution in [0.5, 0.6) is 5.75 Å². The number of hydrogen-bond donors (Lipinski definition) is 1. The van der Waals surface area contributed by atoms with Gasteiger partial charge in [-0.2, -0.15) is 0 Å². The zero-order valence-electron chi connectivity index (χ0n) is 21.7. The summed E-state index contributed by atoms with van der Waals surface area (Å²) in [7, 11) is 0. The maximum Gasteiger partial charge on any atom is 0.257 e. The first kappa shape index (κ1) is 26.1. The molecule has 1 aliphatic carbocycles. The van der Waals surface area contributed by atoms with Gasteiger partial charge in [0.05, 0.1) is 24.8 Å². The van der Waals surface area contributed by atoms with Gasteiger partial charge in [0.2, 0.25) is 0 Å². The van der Waals surface area contributed by atoms with Crippen LogP contribution in [0.15, 0.2) is 36.4 Å². The van der Waals surface area contributed by atoms with Gasteiger partial charge >= 0.3 is 0 Å². The van der Waals surface area contributed by atoms with Gasteiger partial charge in [-0.05, 0) is 98.3 Å². The van der Waals surface area contributed by atoms with Gasteiger partial charge in [0, 0.05) is 13.1 Å². The van der Waals surface area contributed by atoms with Crippen molar-refractivity contribution in [1.29, 1.82) is 0 Å². The lowest BCUT2D eigenvalue weighted by Crippen LogP contribution is -2.44. The van der Waals surface area contributed by atoms with E-state index in [4.69, 9.17) is 4.74 Å². The standard InChI is InChI=1S/C30H38F2N2O3/c1-30(11-3-12-30)20-33-14-9-21(10-15-33)19-37-28-8-6-23(17-27(28)32)22-5-7-25(26(31)16-22)29(36)34-13-2-4-24(34)18-35/h5-8,16-17,21,24,35H,2-4,9-15,18-20H2,1H3/t24-/m1/s1. The Morgan fingerprint density at radius 3 is 2.32 bits per heavy atom. The van der Waals surface area contributed by atoms with E-state index in [0.717, 1.165) is 32.4 Å². The van der Waals surface area contributed by atoms with E-state index in [0.29, 0.717) is 42.0 Å². The van der Waals surface area contributed by atoms with Crippen LogP contribution in [-0.2, 0) is 0 Å². The Morgan fingerprint density at radius 1 is 1.00 bits per heavy atom. The highest BCUT2D eigenvalue weighted by molar-refractivity contribution is 5.95. The molecule has 5 nitrogen and oxygen atoms in total. The van der Waals surface area contributed by atoms with Crippen LogP contribution in [0.4, 0.5) is 8.78 Å². The number of ether oxygens (including phenoxy) is 1. The molecule has 5 rings (SSSR count). The van der Waals surface area contributed by atoms with Crippen molar-refractivity contribution in [3.63, 3.8) is 0 Å². The van der Waals surface area contributed by atoms with Gasteiger partial charge in [-0.1, -0.05) is 25.5 Å². The van der Waals surface area contributed by atoms with Gasteiger partial charge in [0.15, 0.2) is 11.6 Å². The van der Waals surface area contributed by atoms with Crippen LogP contribution >= 0.6 is 0 Å². The first-order valence-corrected chi connectivity index (χ1v) is 13.7. The number of benzene rings is 2. The molecular weight excluding hydrogens is 474 g/mol. The second kappa shape index (κ2) is 11.1. The summed E-state index contributed by atoms with van der Waals surface area (Å²) in [4.78, 5) is 16.9. The highest BCUT2D eigenvalue weighted by atomic mass is 19.1. The molecule has 2 aromatic rings. The number of aliphatic hydroxyl groups is 1. The molecule has 0 bridgehead atoms. The number of carbonyl (C=O) groups is 1. The highest BCUT2D eigenvalue weighted by Crippen LogP contribution is 2.41. The van der Waals surface area contributed by atoms with Crippen molar-refractivity contribution < 1.29 is 23.4 Å². The van der Waals surface area contributed by atoms with Crippen molar-refractivity contribution in [1.82, 2.24) is 9.80 Å². The van der Waals surface area contributed by atoms with Gasteiger partial charge in [-0.3, -0.25) is 4.79 Å². The number of amides is 1. The molecule has 37 heavy (non-hydrogen) atoms. The fraction of sp³-hybridized carbons (Fsp3) is 0.567. The minimum atomic E-state index is -0.649. The van der Waals surface area contributed by atoms with Gasteiger partial charge in [0.25, 0.3) is 5.91 Å². The van der Waals surface area contributed by atoms with Crippen LogP contribution in [0.25, 0.3) is 11.1 Å². The van der Waals surface area contributed by atoms with E-state index in [1.54, 1.807) is 18.2 Å². The number of aliphatic hydroxyl groups excluding tert-OH is 1. The second-order valence-corrected chi connectivity index (χ2v) is 11.5. The van der Waals surface area contributed by atoms with Crippen molar-refractivity contribution in [2.45, 2.75) is 57.9 Å². The Bertz CT molecular complexity index is 1110. The largest absolute Gasteiger partial charge is 0.490 e. The van der Waals surface area contributed by atoms with Crippen molar-refractivity contribution >= 4 is 5.91 Å². The average molecular weight is 513 g/mol. The summed E-state index contributed by atoms with van der Waals surface area (Å²) < 4.78 is 35.6. The predicted octanol–water partition coefficient (Wildman–Crippen LogP) is 5.51. The zero-order valence-corrected chi connectivity index (χ0v) is 21.7. The highest BCUT2D eigenvalue weighted by Gasteiger charge is 2.34. The molecule has 2 heterocycles. The van der Waals surface area contributed by atoms with E-state index in [9.17, 15) is 18.7 Å². The lowest BCUT2D eigenvalue weighted by molar-refractivity contribution is 0.0561. The number of likely N-dealkylation sites (tertiary alicyclic amines) is 2. The average Bonchev–Trinajstić information content (AvgIpc) is 3.36. The lowest BCUT2D eigenvalue weighted by Gasteiger charge is -2.44. The zero-order chi connectivity index (χ0) is 26.0. The summed E-state index contributed by atoms with van der Waals surface area (Å²) in [5.41, 5.74) is 1.49. The van der Waals surface area contributed by atoms with Crippen LogP contribution in [0.2, 0.25) is 0 Å². The Morgan fingerprint density at radius 2 is 1.70 bits per heavy atom. The van der Waals surface area contributed by atoms with Crippen molar-refractivity contribution in [3.05, 3.63) is 53.6 Å². The van der Waals surface area contributed by atoms with E-state index in [2.05, 4.69) is 11.8 Å². The summed E-state index contributed by atoms with van der Waals surface area (Å²) in [6, 6.07) is 8.76. The van der Waals surface area contributed by atoms with Gasteiger partial charge in [-0.25, -0.2) is 8.78 Å². The molecule has 3 aliphatic rings. The number of halogens is 2. The summed E-state index contributed by atoms with van der Waals surface area (Å²) in [5.74, 6) is -0.909.